The molecule has 1 atom stereocenters. The van der Waals surface area contributed by atoms with Gasteiger partial charge in [0, 0.05) is 39.0 Å². The van der Waals surface area contributed by atoms with Gasteiger partial charge >= 0.3 is 0 Å². The van der Waals surface area contributed by atoms with Gasteiger partial charge in [0.25, 0.3) is 5.91 Å². The van der Waals surface area contributed by atoms with Crippen LogP contribution in [0.3, 0.4) is 0 Å². The van der Waals surface area contributed by atoms with Gasteiger partial charge in [-0.15, -0.1) is 0 Å². The van der Waals surface area contributed by atoms with E-state index in [1.807, 2.05) is 11.8 Å². The first-order chi connectivity index (χ1) is 11.2. The zero-order chi connectivity index (χ0) is 16.3. The van der Waals surface area contributed by atoms with Crippen molar-refractivity contribution in [2.75, 3.05) is 26.3 Å². The Morgan fingerprint density at radius 3 is 2.96 bits per heavy atom. The number of aliphatic hydroxyl groups excluding tert-OH is 1. The van der Waals surface area contributed by atoms with E-state index in [4.69, 9.17) is 4.74 Å². The van der Waals surface area contributed by atoms with Crippen molar-refractivity contribution < 1.29 is 14.6 Å². The van der Waals surface area contributed by atoms with Crippen molar-refractivity contribution in [1.82, 2.24) is 14.7 Å². The molecule has 6 nitrogen and oxygen atoms in total. The maximum Gasteiger partial charge on any atom is 0.272 e. The normalized spacial score (nSPS) is 24.1. The number of carbonyl (C=O) groups is 1. The molecule has 2 fully saturated rings. The molecule has 1 aromatic heterocycles. The van der Waals surface area contributed by atoms with Gasteiger partial charge in [-0.1, -0.05) is 0 Å². The second kappa shape index (κ2) is 7.01. The third-order valence-corrected chi connectivity index (χ3v) is 5.33. The highest BCUT2D eigenvalue weighted by atomic mass is 16.5. The van der Waals surface area contributed by atoms with E-state index in [0.717, 1.165) is 51.8 Å². The van der Waals surface area contributed by atoms with Gasteiger partial charge < -0.3 is 14.7 Å². The lowest BCUT2D eigenvalue weighted by Gasteiger charge is -2.46. The quantitative estimate of drug-likeness (QED) is 0.916. The van der Waals surface area contributed by atoms with Crippen molar-refractivity contribution in [2.45, 2.75) is 51.2 Å². The summed E-state index contributed by atoms with van der Waals surface area (Å²) in [7, 11) is 0. The molecule has 23 heavy (non-hydrogen) atoms. The van der Waals surface area contributed by atoms with Crippen molar-refractivity contribution in [2.24, 2.45) is 5.92 Å². The van der Waals surface area contributed by atoms with E-state index < -0.39 is 0 Å². The summed E-state index contributed by atoms with van der Waals surface area (Å²) in [4.78, 5) is 14.6. The Balaban J connectivity index is 1.61. The Morgan fingerprint density at radius 2 is 2.26 bits per heavy atom. The van der Waals surface area contributed by atoms with Crippen LogP contribution in [0.5, 0.6) is 0 Å². The molecule has 1 aromatic rings. The van der Waals surface area contributed by atoms with E-state index >= 15 is 0 Å². The summed E-state index contributed by atoms with van der Waals surface area (Å²) in [6.07, 6.45) is 6.39. The minimum Gasteiger partial charge on any atom is -0.396 e. The number of rotatable bonds is 4. The fourth-order valence-electron chi connectivity index (χ4n) is 3.95. The van der Waals surface area contributed by atoms with Crippen LogP contribution in [0.15, 0.2) is 12.3 Å². The van der Waals surface area contributed by atoms with Gasteiger partial charge in [0.2, 0.25) is 0 Å². The number of nitrogens with zero attached hydrogens (tertiary/aromatic N) is 3. The van der Waals surface area contributed by atoms with Gasteiger partial charge in [0.15, 0.2) is 0 Å². The van der Waals surface area contributed by atoms with E-state index in [1.54, 1.807) is 16.9 Å². The SMILES string of the molecule is CCn1nccc1C(=O)N1CCC2(CC1)CC(CCO)CCO2. The summed E-state index contributed by atoms with van der Waals surface area (Å²) in [5.41, 5.74) is 0.589. The van der Waals surface area contributed by atoms with E-state index in [-0.39, 0.29) is 18.1 Å². The Bertz CT molecular complexity index is 533. The highest BCUT2D eigenvalue weighted by Gasteiger charge is 2.41. The molecule has 1 spiro atoms. The fraction of sp³-hybridized carbons (Fsp3) is 0.765. The number of ether oxygens (including phenoxy) is 1. The number of aromatic nitrogens is 2. The first kappa shape index (κ1) is 16.5. The number of carbonyl (C=O) groups excluding carboxylic acids is 1. The summed E-state index contributed by atoms with van der Waals surface area (Å²) in [5, 5.41) is 13.4. The Morgan fingerprint density at radius 1 is 1.48 bits per heavy atom. The Kier molecular flexibility index (Phi) is 5.02. The summed E-state index contributed by atoms with van der Waals surface area (Å²) >= 11 is 0. The van der Waals surface area contributed by atoms with Gasteiger partial charge in [-0.25, -0.2) is 0 Å². The zero-order valence-electron chi connectivity index (χ0n) is 13.9. The number of amides is 1. The zero-order valence-corrected chi connectivity index (χ0v) is 13.9. The lowest BCUT2D eigenvalue weighted by Crippen LogP contribution is -2.51. The van der Waals surface area contributed by atoms with Crippen LogP contribution in [0, 0.1) is 5.92 Å². The van der Waals surface area contributed by atoms with Crippen LogP contribution < -0.4 is 0 Å². The van der Waals surface area contributed by atoms with Crippen molar-refractivity contribution in [3.63, 3.8) is 0 Å². The van der Waals surface area contributed by atoms with E-state index in [2.05, 4.69) is 5.10 Å². The molecule has 2 saturated heterocycles. The molecular formula is C17H27N3O3. The van der Waals surface area contributed by atoms with Crippen LogP contribution in [0.1, 0.15) is 49.5 Å². The smallest absolute Gasteiger partial charge is 0.272 e. The molecule has 128 valence electrons. The second-order valence-electron chi connectivity index (χ2n) is 6.73. The molecule has 2 aliphatic rings. The van der Waals surface area contributed by atoms with E-state index in [9.17, 15) is 9.90 Å². The molecule has 1 amide bonds. The third-order valence-electron chi connectivity index (χ3n) is 5.33. The molecule has 0 aliphatic carbocycles. The van der Waals surface area contributed by atoms with Crippen molar-refractivity contribution in [1.29, 1.82) is 0 Å². The topological polar surface area (TPSA) is 67.6 Å². The monoisotopic (exact) mass is 321 g/mol. The Hall–Kier alpha value is -1.40. The molecule has 0 aromatic carbocycles. The van der Waals surface area contributed by atoms with Crippen LogP contribution in [-0.4, -0.2) is 57.6 Å². The van der Waals surface area contributed by atoms with Gasteiger partial charge in [-0.05, 0) is 51.0 Å². The maximum atomic E-state index is 12.7. The predicted octanol–water partition coefficient (Wildman–Crippen LogP) is 1.69. The van der Waals surface area contributed by atoms with Crippen LogP contribution >= 0.6 is 0 Å². The number of piperidine rings is 1. The summed E-state index contributed by atoms with van der Waals surface area (Å²) in [5.74, 6) is 0.624. The van der Waals surface area contributed by atoms with Crippen LogP contribution in [0.2, 0.25) is 0 Å². The number of hydrogen-bond acceptors (Lipinski definition) is 4. The molecule has 1 N–H and O–H groups in total. The van der Waals surface area contributed by atoms with Gasteiger partial charge in [0.1, 0.15) is 5.69 Å². The number of aryl methyl sites for hydroxylation is 1. The van der Waals surface area contributed by atoms with Crippen LogP contribution in [0.25, 0.3) is 0 Å². The molecule has 1 unspecified atom stereocenters. The molecular weight excluding hydrogens is 294 g/mol. The average molecular weight is 321 g/mol. The minimum atomic E-state index is -0.0835. The molecule has 0 radical (unpaired) electrons. The minimum absolute atomic E-state index is 0.0712. The lowest BCUT2D eigenvalue weighted by molar-refractivity contribution is -0.125. The molecule has 6 heteroatoms. The molecule has 3 rings (SSSR count). The highest BCUT2D eigenvalue weighted by Crippen LogP contribution is 2.38. The molecule has 2 aliphatic heterocycles. The highest BCUT2D eigenvalue weighted by molar-refractivity contribution is 5.92. The fourth-order valence-corrected chi connectivity index (χ4v) is 3.95. The van der Waals surface area contributed by atoms with Gasteiger partial charge in [0.05, 0.1) is 5.60 Å². The summed E-state index contributed by atoms with van der Waals surface area (Å²) in [6.45, 7) is 5.21. The maximum absolute atomic E-state index is 12.7. The summed E-state index contributed by atoms with van der Waals surface area (Å²) < 4.78 is 7.86. The van der Waals surface area contributed by atoms with Gasteiger partial charge in [-0.2, -0.15) is 5.10 Å². The van der Waals surface area contributed by atoms with Crippen molar-refractivity contribution in [3.8, 4) is 0 Å². The standard InChI is InChI=1S/C17H27N3O3/c1-2-20-15(3-8-18-20)16(22)19-9-6-17(7-10-19)13-14(4-11-21)5-12-23-17/h3,8,14,21H,2,4-7,9-13H2,1H3. The molecule has 3 heterocycles. The average Bonchev–Trinajstić information content (AvgIpc) is 3.04. The lowest BCUT2D eigenvalue weighted by atomic mass is 9.78. The van der Waals surface area contributed by atoms with Crippen LogP contribution in [0.4, 0.5) is 0 Å². The second-order valence-corrected chi connectivity index (χ2v) is 6.73. The third kappa shape index (κ3) is 3.43. The number of aliphatic hydroxyl groups is 1. The predicted molar refractivity (Wildman–Crippen MR) is 86.1 cm³/mol. The first-order valence-electron chi connectivity index (χ1n) is 8.73. The van der Waals surface area contributed by atoms with Crippen molar-refractivity contribution >= 4 is 5.91 Å². The first-order valence-corrected chi connectivity index (χ1v) is 8.73. The van der Waals surface area contributed by atoms with Crippen LogP contribution in [-0.2, 0) is 11.3 Å². The van der Waals surface area contributed by atoms with Gasteiger partial charge in [-0.3, -0.25) is 9.48 Å². The number of likely N-dealkylation sites (tertiary alicyclic amines) is 1. The van der Waals surface area contributed by atoms with E-state index in [1.165, 1.54) is 0 Å². The van der Waals surface area contributed by atoms with E-state index in [0.29, 0.717) is 18.2 Å². The Labute approximate surface area is 137 Å². The number of hydrogen-bond donors (Lipinski definition) is 1. The molecule has 0 bridgehead atoms. The summed E-state index contributed by atoms with van der Waals surface area (Å²) in [6, 6.07) is 1.80. The molecule has 0 saturated carbocycles. The largest absolute Gasteiger partial charge is 0.396 e. The van der Waals surface area contributed by atoms with Crippen molar-refractivity contribution in [3.05, 3.63) is 18.0 Å².